The van der Waals surface area contributed by atoms with Gasteiger partial charge in [0.25, 0.3) is 0 Å². The standard InChI is InChI=1S/C6H15N3O/c1-2-3-4-5(10)6(7,8)9/h2-4,7-9H2,1H3. The molecular weight excluding hydrogens is 130 g/mol. The van der Waals surface area contributed by atoms with Gasteiger partial charge >= 0.3 is 0 Å². The van der Waals surface area contributed by atoms with Crippen molar-refractivity contribution in [1.29, 1.82) is 0 Å². The summed E-state index contributed by atoms with van der Waals surface area (Å²) in [6.07, 6.45) is 2.12. The summed E-state index contributed by atoms with van der Waals surface area (Å²) in [4.78, 5) is 10.8. The van der Waals surface area contributed by atoms with Gasteiger partial charge in [-0.05, 0) is 6.42 Å². The zero-order valence-corrected chi connectivity index (χ0v) is 6.26. The fraction of sp³-hybridized carbons (Fsp3) is 0.833. The average Bonchev–Trinajstić information content (AvgIpc) is 1.80. The lowest BCUT2D eigenvalue weighted by Gasteiger charge is -2.15. The molecule has 4 nitrogen and oxygen atoms in total. The summed E-state index contributed by atoms with van der Waals surface area (Å²) in [7, 11) is 0. The topological polar surface area (TPSA) is 95.1 Å². The quantitative estimate of drug-likeness (QED) is 0.455. The molecule has 0 unspecified atom stereocenters. The molecule has 0 amide bonds. The second-order valence-electron chi connectivity index (χ2n) is 2.46. The van der Waals surface area contributed by atoms with Crippen LogP contribution in [-0.2, 0) is 4.79 Å². The zero-order valence-electron chi connectivity index (χ0n) is 6.26. The highest BCUT2D eigenvalue weighted by Crippen LogP contribution is 1.97. The Balaban J connectivity index is 3.64. The van der Waals surface area contributed by atoms with Crippen LogP contribution in [0.2, 0.25) is 0 Å². The lowest BCUT2D eigenvalue weighted by Crippen LogP contribution is -2.64. The van der Waals surface area contributed by atoms with E-state index < -0.39 is 5.79 Å². The van der Waals surface area contributed by atoms with Gasteiger partial charge in [-0.15, -0.1) is 0 Å². The molecule has 0 radical (unpaired) electrons. The summed E-state index contributed by atoms with van der Waals surface area (Å²) in [6, 6.07) is 0. The molecule has 4 heteroatoms. The molecule has 6 N–H and O–H groups in total. The maximum atomic E-state index is 10.8. The third-order valence-corrected chi connectivity index (χ3v) is 1.24. The van der Waals surface area contributed by atoms with Crippen LogP contribution in [0.1, 0.15) is 26.2 Å². The number of carbonyl (C=O) groups is 1. The Morgan fingerprint density at radius 1 is 1.40 bits per heavy atom. The third-order valence-electron chi connectivity index (χ3n) is 1.24. The molecule has 0 saturated heterocycles. The number of nitrogens with two attached hydrogens (primary N) is 3. The van der Waals surface area contributed by atoms with Crippen LogP contribution in [0.15, 0.2) is 0 Å². The maximum absolute atomic E-state index is 10.8. The van der Waals surface area contributed by atoms with Crippen molar-refractivity contribution in [2.24, 2.45) is 17.2 Å². The van der Waals surface area contributed by atoms with Gasteiger partial charge in [-0.1, -0.05) is 13.3 Å². The number of Topliss-reactive ketones (excluding diaryl/α,β-unsaturated/α-hetero) is 1. The molecule has 0 spiro atoms. The van der Waals surface area contributed by atoms with Gasteiger partial charge in [0, 0.05) is 6.42 Å². The highest BCUT2D eigenvalue weighted by molar-refractivity contribution is 5.86. The van der Waals surface area contributed by atoms with Gasteiger partial charge in [-0.3, -0.25) is 22.0 Å². The number of rotatable bonds is 4. The van der Waals surface area contributed by atoms with E-state index in [0.717, 1.165) is 12.8 Å². The van der Waals surface area contributed by atoms with Crippen molar-refractivity contribution in [3.63, 3.8) is 0 Å². The molecule has 0 aromatic carbocycles. The second kappa shape index (κ2) is 3.65. The van der Waals surface area contributed by atoms with E-state index in [9.17, 15) is 4.79 Å². The first kappa shape index (κ1) is 9.55. The van der Waals surface area contributed by atoms with Crippen LogP contribution in [0, 0.1) is 0 Å². The van der Waals surface area contributed by atoms with Crippen LogP contribution < -0.4 is 17.2 Å². The molecule has 0 atom stereocenters. The molecule has 10 heavy (non-hydrogen) atoms. The summed E-state index contributed by atoms with van der Waals surface area (Å²) in [5.74, 6) is -1.91. The van der Waals surface area contributed by atoms with E-state index >= 15 is 0 Å². The molecule has 0 aliphatic rings. The van der Waals surface area contributed by atoms with Crippen molar-refractivity contribution in [3.8, 4) is 0 Å². The highest BCUT2D eigenvalue weighted by Gasteiger charge is 2.21. The molecule has 0 heterocycles. The molecule has 0 aliphatic carbocycles. The van der Waals surface area contributed by atoms with E-state index in [1.54, 1.807) is 0 Å². The second-order valence-corrected chi connectivity index (χ2v) is 2.46. The van der Waals surface area contributed by atoms with Crippen molar-refractivity contribution in [2.75, 3.05) is 0 Å². The third kappa shape index (κ3) is 3.55. The average molecular weight is 145 g/mol. The molecule has 0 aromatic rings. The summed E-state index contributed by atoms with van der Waals surface area (Å²) in [6.45, 7) is 1.98. The smallest absolute Gasteiger partial charge is 0.182 e. The van der Waals surface area contributed by atoms with Crippen molar-refractivity contribution >= 4 is 5.78 Å². The molecule has 0 fully saturated rings. The van der Waals surface area contributed by atoms with Crippen LogP contribution in [0.5, 0.6) is 0 Å². The van der Waals surface area contributed by atoms with E-state index in [-0.39, 0.29) is 5.78 Å². The number of ketones is 1. The molecular formula is C6H15N3O. The van der Waals surface area contributed by atoms with Gasteiger partial charge in [0.15, 0.2) is 11.6 Å². The molecule has 0 aliphatic heterocycles. The lowest BCUT2D eigenvalue weighted by molar-refractivity contribution is -0.124. The first-order valence-corrected chi connectivity index (χ1v) is 3.38. The Morgan fingerprint density at radius 3 is 2.20 bits per heavy atom. The number of hydrogen-bond donors (Lipinski definition) is 3. The predicted octanol–water partition coefficient (Wildman–Crippen LogP) is -0.724. The lowest BCUT2D eigenvalue weighted by atomic mass is 10.1. The normalized spacial score (nSPS) is 11.6. The van der Waals surface area contributed by atoms with Gasteiger partial charge < -0.3 is 0 Å². The van der Waals surface area contributed by atoms with Gasteiger partial charge in [0.1, 0.15) is 0 Å². The first-order chi connectivity index (χ1) is 4.48. The Morgan fingerprint density at radius 2 is 1.90 bits per heavy atom. The van der Waals surface area contributed by atoms with Crippen molar-refractivity contribution in [2.45, 2.75) is 32.0 Å². The van der Waals surface area contributed by atoms with Gasteiger partial charge in [-0.2, -0.15) is 0 Å². The van der Waals surface area contributed by atoms with Crippen molar-refractivity contribution in [1.82, 2.24) is 0 Å². The highest BCUT2D eigenvalue weighted by atomic mass is 16.1. The SMILES string of the molecule is CCCCC(=O)C(N)(N)N. The van der Waals surface area contributed by atoms with Crippen LogP contribution >= 0.6 is 0 Å². The molecule has 60 valence electrons. The van der Waals surface area contributed by atoms with Gasteiger partial charge in [-0.25, -0.2) is 0 Å². The van der Waals surface area contributed by atoms with Crippen LogP contribution in [0.4, 0.5) is 0 Å². The van der Waals surface area contributed by atoms with Crippen molar-refractivity contribution < 1.29 is 4.79 Å². The molecule has 0 bridgehead atoms. The minimum atomic E-state index is -1.63. The number of unbranched alkanes of at least 4 members (excludes halogenated alkanes) is 1. The predicted molar refractivity (Wildman–Crippen MR) is 39.8 cm³/mol. The minimum absolute atomic E-state index is 0.283. The zero-order chi connectivity index (χ0) is 8.20. The fourth-order valence-electron chi connectivity index (χ4n) is 0.554. The van der Waals surface area contributed by atoms with E-state index in [2.05, 4.69) is 0 Å². The van der Waals surface area contributed by atoms with Crippen LogP contribution in [-0.4, -0.2) is 11.6 Å². The van der Waals surface area contributed by atoms with E-state index in [4.69, 9.17) is 17.2 Å². The summed E-state index contributed by atoms with van der Waals surface area (Å²) in [5.41, 5.74) is 15.4. The first-order valence-electron chi connectivity index (χ1n) is 3.38. The minimum Gasteiger partial charge on any atom is -0.295 e. The molecule has 0 saturated carbocycles. The molecule has 0 rings (SSSR count). The van der Waals surface area contributed by atoms with Crippen LogP contribution in [0.25, 0.3) is 0 Å². The Kier molecular flexibility index (Phi) is 3.49. The van der Waals surface area contributed by atoms with E-state index in [1.807, 2.05) is 6.92 Å². The van der Waals surface area contributed by atoms with E-state index in [0.29, 0.717) is 6.42 Å². The molecule has 0 aromatic heterocycles. The van der Waals surface area contributed by atoms with Gasteiger partial charge in [0.2, 0.25) is 0 Å². The van der Waals surface area contributed by atoms with E-state index in [1.165, 1.54) is 0 Å². The summed E-state index contributed by atoms with van der Waals surface area (Å²) in [5, 5.41) is 0. The van der Waals surface area contributed by atoms with Gasteiger partial charge in [0.05, 0.1) is 0 Å². The van der Waals surface area contributed by atoms with Crippen molar-refractivity contribution in [3.05, 3.63) is 0 Å². The summed E-state index contributed by atoms with van der Waals surface area (Å²) >= 11 is 0. The fourth-order valence-corrected chi connectivity index (χ4v) is 0.554. The maximum Gasteiger partial charge on any atom is 0.182 e. The monoisotopic (exact) mass is 145 g/mol. The number of hydrogen-bond acceptors (Lipinski definition) is 4. The Labute approximate surface area is 60.7 Å². The Bertz CT molecular complexity index is 117. The largest absolute Gasteiger partial charge is 0.295 e. The number of carbonyl (C=O) groups excluding carboxylic acids is 1. The van der Waals surface area contributed by atoms with Crippen LogP contribution in [0.3, 0.4) is 0 Å². The Hall–Kier alpha value is -0.450. The summed E-state index contributed by atoms with van der Waals surface area (Å²) < 4.78 is 0.